The van der Waals surface area contributed by atoms with Gasteiger partial charge in [0.05, 0.1) is 8.07 Å². The molecule has 1 nitrogen and oxygen atoms in total. The molecular weight excluding hydrogens is 220 g/mol. The van der Waals surface area contributed by atoms with Gasteiger partial charge in [0.25, 0.3) is 0 Å². The van der Waals surface area contributed by atoms with Crippen molar-refractivity contribution in [1.82, 2.24) is 0 Å². The third kappa shape index (κ3) is 4.22. The Kier molecular flexibility index (Phi) is 4.61. The quantitative estimate of drug-likeness (QED) is 0.443. The number of aldehydes is 1. The lowest BCUT2D eigenvalue weighted by Crippen LogP contribution is -2.35. The molecule has 0 radical (unpaired) electrons. The normalized spacial score (nSPS) is 13.5. The van der Waals surface area contributed by atoms with Crippen molar-refractivity contribution in [3.05, 3.63) is 30.3 Å². The van der Waals surface area contributed by atoms with Crippen LogP contribution in [0, 0.1) is 0 Å². The molecule has 1 aromatic carbocycles. The van der Waals surface area contributed by atoms with Crippen molar-refractivity contribution >= 4 is 26.1 Å². The first-order valence-corrected chi connectivity index (χ1v) is 9.65. The maximum absolute atomic E-state index is 10.7. The molecule has 0 aliphatic heterocycles. The zero-order valence-corrected chi connectivity index (χ0v) is 11.4. The SMILES string of the molecule is C[Si](C)(C)C(CC=O)Sc1ccccc1. The van der Waals surface area contributed by atoms with Crippen LogP contribution < -0.4 is 0 Å². The molecule has 0 N–H and O–H groups in total. The molecule has 1 unspecified atom stereocenters. The number of benzene rings is 1. The van der Waals surface area contributed by atoms with Gasteiger partial charge in [0.1, 0.15) is 6.29 Å². The first-order chi connectivity index (χ1) is 7.04. The number of carbonyl (C=O) groups excluding carboxylic acids is 1. The van der Waals surface area contributed by atoms with E-state index in [9.17, 15) is 4.79 Å². The molecular formula is C12H18OSSi. The van der Waals surface area contributed by atoms with Gasteiger partial charge < -0.3 is 4.79 Å². The van der Waals surface area contributed by atoms with Gasteiger partial charge >= 0.3 is 0 Å². The highest BCUT2D eigenvalue weighted by Crippen LogP contribution is 2.31. The van der Waals surface area contributed by atoms with Crippen molar-refractivity contribution in [1.29, 1.82) is 0 Å². The highest BCUT2D eigenvalue weighted by molar-refractivity contribution is 8.01. The predicted molar refractivity (Wildman–Crippen MR) is 70.1 cm³/mol. The van der Waals surface area contributed by atoms with Crippen LogP contribution in [0.5, 0.6) is 0 Å². The van der Waals surface area contributed by atoms with E-state index in [2.05, 4.69) is 31.8 Å². The molecule has 0 amide bonds. The Hall–Kier alpha value is -0.543. The highest BCUT2D eigenvalue weighted by atomic mass is 32.2. The lowest BCUT2D eigenvalue weighted by atomic mass is 10.4. The zero-order chi connectivity index (χ0) is 11.3. The molecule has 0 saturated carbocycles. The van der Waals surface area contributed by atoms with Crippen molar-refractivity contribution < 1.29 is 4.79 Å². The summed E-state index contributed by atoms with van der Waals surface area (Å²) >= 11 is 1.85. The van der Waals surface area contributed by atoms with Crippen LogP contribution in [0.3, 0.4) is 0 Å². The first kappa shape index (κ1) is 12.5. The van der Waals surface area contributed by atoms with E-state index in [1.807, 2.05) is 30.0 Å². The minimum absolute atomic E-state index is 0.484. The lowest BCUT2D eigenvalue weighted by Gasteiger charge is -2.26. The summed E-state index contributed by atoms with van der Waals surface area (Å²) < 4.78 is 0. The molecule has 0 spiro atoms. The van der Waals surface area contributed by atoms with E-state index in [4.69, 9.17) is 0 Å². The van der Waals surface area contributed by atoms with Crippen LogP contribution in [-0.4, -0.2) is 19.2 Å². The maximum Gasteiger partial charge on any atom is 0.120 e. The standard InChI is InChI=1S/C12H18OSSi/c1-15(2,3)12(9-10-13)14-11-7-5-4-6-8-11/h4-8,10,12H,9H2,1-3H3. The monoisotopic (exact) mass is 238 g/mol. The third-order valence-corrected chi connectivity index (χ3v) is 7.96. The van der Waals surface area contributed by atoms with E-state index in [-0.39, 0.29) is 0 Å². The Balaban J connectivity index is 2.71. The first-order valence-electron chi connectivity index (χ1n) is 5.19. The van der Waals surface area contributed by atoms with E-state index in [1.165, 1.54) is 4.90 Å². The molecule has 1 aromatic rings. The number of hydrogen-bond acceptors (Lipinski definition) is 2. The smallest absolute Gasteiger partial charge is 0.120 e. The molecule has 0 saturated heterocycles. The van der Waals surface area contributed by atoms with Gasteiger partial charge in [0, 0.05) is 16.2 Å². The fourth-order valence-electron chi connectivity index (χ4n) is 1.33. The Morgan fingerprint density at radius 2 is 1.87 bits per heavy atom. The van der Waals surface area contributed by atoms with Crippen LogP contribution in [0.2, 0.25) is 19.6 Å². The van der Waals surface area contributed by atoms with Crippen molar-refractivity contribution in [3.8, 4) is 0 Å². The van der Waals surface area contributed by atoms with Crippen LogP contribution in [0.4, 0.5) is 0 Å². The third-order valence-electron chi connectivity index (χ3n) is 2.30. The van der Waals surface area contributed by atoms with Gasteiger partial charge in [-0.05, 0) is 12.1 Å². The Morgan fingerprint density at radius 1 is 1.27 bits per heavy atom. The van der Waals surface area contributed by atoms with E-state index in [0.29, 0.717) is 11.3 Å². The molecule has 0 aliphatic carbocycles. The van der Waals surface area contributed by atoms with Gasteiger partial charge in [-0.2, -0.15) is 0 Å². The Morgan fingerprint density at radius 3 is 2.33 bits per heavy atom. The van der Waals surface area contributed by atoms with Crippen molar-refractivity contribution in [2.75, 3.05) is 0 Å². The van der Waals surface area contributed by atoms with Crippen molar-refractivity contribution in [2.24, 2.45) is 0 Å². The minimum Gasteiger partial charge on any atom is -0.303 e. The second-order valence-corrected chi connectivity index (χ2v) is 11.8. The summed E-state index contributed by atoms with van der Waals surface area (Å²) in [4.78, 5) is 12.4. The van der Waals surface area contributed by atoms with Crippen LogP contribution in [0.25, 0.3) is 0 Å². The molecule has 0 aliphatic rings. The maximum atomic E-state index is 10.7. The lowest BCUT2D eigenvalue weighted by molar-refractivity contribution is -0.107. The molecule has 0 heterocycles. The van der Waals surface area contributed by atoms with Crippen LogP contribution in [0.15, 0.2) is 35.2 Å². The Labute approximate surface area is 97.3 Å². The molecule has 0 aromatic heterocycles. The van der Waals surface area contributed by atoms with Gasteiger partial charge in [-0.3, -0.25) is 0 Å². The summed E-state index contributed by atoms with van der Waals surface area (Å²) in [7, 11) is -1.26. The fourth-order valence-corrected chi connectivity index (χ4v) is 4.77. The molecule has 0 bridgehead atoms. The summed E-state index contributed by atoms with van der Waals surface area (Å²) in [6.07, 6.45) is 1.73. The predicted octanol–water partition coefficient (Wildman–Crippen LogP) is 3.61. The zero-order valence-electron chi connectivity index (χ0n) is 9.57. The summed E-state index contributed by atoms with van der Waals surface area (Å²) in [5.74, 6) is 0. The number of rotatable bonds is 5. The average molecular weight is 238 g/mol. The van der Waals surface area contributed by atoms with Crippen LogP contribution in [-0.2, 0) is 4.79 Å². The summed E-state index contributed by atoms with van der Waals surface area (Å²) in [6.45, 7) is 6.95. The molecule has 1 rings (SSSR count). The summed E-state index contributed by atoms with van der Waals surface area (Å²) in [5, 5.41) is 0. The van der Waals surface area contributed by atoms with E-state index >= 15 is 0 Å². The van der Waals surface area contributed by atoms with E-state index < -0.39 is 8.07 Å². The topological polar surface area (TPSA) is 17.1 Å². The van der Waals surface area contributed by atoms with Gasteiger partial charge in [-0.1, -0.05) is 37.8 Å². The molecule has 3 heteroatoms. The second-order valence-electron chi connectivity index (χ2n) is 4.69. The number of thioether (sulfide) groups is 1. The largest absolute Gasteiger partial charge is 0.303 e. The molecule has 82 valence electrons. The fraction of sp³-hybridized carbons (Fsp3) is 0.417. The van der Waals surface area contributed by atoms with Crippen LogP contribution >= 0.6 is 11.8 Å². The molecule has 1 atom stereocenters. The Bertz CT molecular complexity index is 305. The summed E-state index contributed by atoms with van der Waals surface area (Å²) in [6, 6.07) is 10.3. The van der Waals surface area contributed by atoms with E-state index in [0.717, 1.165) is 6.29 Å². The van der Waals surface area contributed by atoms with Gasteiger partial charge in [0.15, 0.2) is 0 Å². The number of hydrogen-bond donors (Lipinski definition) is 0. The minimum atomic E-state index is -1.26. The van der Waals surface area contributed by atoms with Gasteiger partial charge in [-0.15, -0.1) is 11.8 Å². The second kappa shape index (κ2) is 5.52. The van der Waals surface area contributed by atoms with Gasteiger partial charge in [-0.25, -0.2) is 0 Å². The summed E-state index contributed by atoms with van der Waals surface area (Å²) in [5.41, 5.74) is 0. The molecule has 0 fully saturated rings. The average Bonchev–Trinajstić information content (AvgIpc) is 2.17. The number of carbonyl (C=O) groups is 1. The van der Waals surface area contributed by atoms with Crippen molar-refractivity contribution in [3.63, 3.8) is 0 Å². The highest BCUT2D eigenvalue weighted by Gasteiger charge is 2.27. The molecule has 15 heavy (non-hydrogen) atoms. The van der Waals surface area contributed by atoms with Gasteiger partial charge in [0.2, 0.25) is 0 Å². The van der Waals surface area contributed by atoms with Crippen molar-refractivity contribution in [2.45, 2.75) is 35.8 Å². The van der Waals surface area contributed by atoms with E-state index in [1.54, 1.807) is 0 Å². The van der Waals surface area contributed by atoms with Crippen LogP contribution in [0.1, 0.15) is 6.42 Å².